The molecule has 0 saturated heterocycles. The van der Waals surface area contributed by atoms with Crippen LogP contribution in [0.2, 0.25) is 0 Å². The Labute approximate surface area is 135 Å². The molecule has 2 aliphatic rings. The lowest BCUT2D eigenvalue weighted by Gasteiger charge is -2.29. The molecular weight excluding hydrogens is 292 g/mol. The summed E-state index contributed by atoms with van der Waals surface area (Å²) in [6.07, 6.45) is 6.88. The molecule has 1 aliphatic carbocycles. The quantitative estimate of drug-likeness (QED) is 0.476. The molecule has 0 radical (unpaired) electrons. The minimum atomic E-state index is -0.466. The lowest BCUT2D eigenvalue weighted by atomic mass is 9.88. The molecular formula is C18H19N2O3+. The second-order valence-corrected chi connectivity index (χ2v) is 5.75. The van der Waals surface area contributed by atoms with E-state index in [2.05, 4.69) is 11.3 Å². The molecule has 1 aromatic rings. The van der Waals surface area contributed by atoms with Crippen LogP contribution in [0.1, 0.15) is 36.0 Å². The number of Topliss-reactive ketones (excluding diaryl/α,β-unsaturated/α-hetero) is 2. The Morgan fingerprint density at radius 2 is 2.09 bits per heavy atom. The number of carbonyl (C=O) groups is 2. The van der Waals surface area contributed by atoms with Crippen LogP contribution in [0.3, 0.4) is 0 Å². The third-order valence-corrected chi connectivity index (χ3v) is 4.30. The first-order chi connectivity index (χ1) is 11.2. The van der Waals surface area contributed by atoms with Gasteiger partial charge in [0.05, 0.1) is 4.99 Å². The van der Waals surface area contributed by atoms with Gasteiger partial charge in [0.1, 0.15) is 25.3 Å². The summed E-state index contributed by atoms with van der Waals surface area (Å²) in [4.78, 5) is 30.5. The van der Waals surface area contributed by atoms with E-state index in [0.717, 1.165) is 31.3 Å². The van der Waals surface area contributed by atoms with Crippen LogP contribution in [0.15, 0.2) is 46.8 Å². The van der Waals surface area contributed by atoms with Gasteiger partial charge >= 0.3 is 12.2 Å². The van der Waals surface area contributed by atoms with Crippen molar-refractivity contribution in [2.45, 2.75) is 31.7 Å². The van der Waals surface area contributed by atoms with Crippen LogP contribution < -0.4 is 0 Å². The summed E-state index contributed by atoms with van der Waals surface area (Å²) < 4.78 is 5.30. The fourth-order valence-electron chi connectivity index (χ4n) is 3.14. The number of hydrogen-bond donors (Lipinski definition) is 0. The van der Waals surface area contributed by atoms with Crippen LogP contribution in [-0.2, 0) is 9.53 Å². The summed E-state index contributed by atoms with van der Waals surface area (Å²) >= 11 is 0. The Hall–Kier alpha value is -2.52. The van der Waals surface area contributed by atoms with Crippen molar-refractivity contribution in [2.75, 3.05) is 13.7 Å². The van der Waals surface area contributed by atoms with E-state index in [1.807, 2.05) is 6.07 Å². The van der Waals surface area contributed by atoms with Crippen molar-refractivity contribution < 1.29 is 14.3 Å². The molecule has 5 heteroatoms. The van der Waals surface area contributed by atoms with E-state index in [-0.39, 0.29) is 12.6 Å². The zero-order chi connectivity index (χ0) is 16.2. The predicted molar refractivity (Wildman–Crippen MR) is 86.2 cm³/mol. The summed E-state index contributed by atoms with van der Waals surface area (Å²) in [5.74, 6) is -0.302. The summed E-state index contributed by atoms with van der Waals surface area (Å²) in [5, 5.41) is 0. The second kappa shape index (κ2) is 6.71. The predicted octanol–water partition coefficient (Wildman–Crippen LogP) is 2.46. The number of methoxy groups -OCH3 is 1. The molecule has 1 atom stereocenters. The Morgan fingerprint density at radius 3 is 2.83 bits per heavy atom. The van der Waals surface area contributed by atoms with Gasteiger partial charge in [0.25, 0.3) is 0 Å². The van der Waals surface area contributed by atoms with Gasteiger partial charge in [0.15, 0.2) is 0 Å². The van der Waals surface area contributed by atoms with E-state index in [0.29, 0.717) is 11.4 Å². The minimum Gasteiger partial charge on any atom is -0.391 e. The number of fused-ring (bicyclic) bond motifs is 1. The standard InChI is InChI=1S/C18H19N2O3/c1-23-18-14-9-5-6-10-15(14)20(12-19-18)11-16(21)17(22)13-7-3-2-4-8-13/h2-4,7-8,15H,5-6,9-11H2,1H3/q+1. The summed E-state index contributed by atoms with van der Waals surface area (Å²) in [7, 11) is 1.60. The van der Waals surface area contributed by atoms with Gasteiger partial charge < -0.3 is 4.74 Å². The average Bonchev–Trinajstić information content (AvgIpc) is 2.62. The third-order valence-electron chi connectivity index (χ3n) is 4.30. The number of carbonyl (C=O) groups excluding carboxylic acids is 2. The Balaban J connectivity index is 1.73. The lowest BCUT2D eigenvalue weighted by Crippen LogP contribution is -2.44. The summed E-state index contributed by atoms with van der Waals surface area (Å²) in [6, 6.07) is 8.69. The van der Waals surface area contributed by atoms with Gasteiger partial charge in [0, 0.05) is 5.56 Å². The zero-order valence-electron chi connectivity index (χ0n) is 13.1. The number of rotatable bonds is 5. The smallest absolute Gasteiger partial charge is 0.366 e. The van der Waals surface area contributed by atoms with E-state index >= 15 is 0 Å². The highest BCUT2D eigenvalue weighted by molar-refractivity contribution is 6.44. The van der Waals surface area contributed by atoms with Crippen molar-refractivity contribution in [3.05, 3.63) is 47.4 Å². The maximum absolute atomic E-state index is 12.3. The fraction of sp³-hybridized carbons (Fsp3) is 0.389. The molecule has 1 heterocycles. The number of aliphatic imine (C=N–C) groups is 1. The Bertz CT molecular complexity index is 664. The van der Waals surface area contributed by atoms with Crippen molar-refractivity contribution in [3.8, 4) is 0 Å². The molecule has 5 nitrogen and oxygen atoms in total. The van der Waals surface area contributed by atoms with Crippen molar-refractivity contribution in [3.63, 3.8) is 0 Å². The first kappa shape index (κ1) is 15.4. The molecule has 0 spiro atoms. The van der Waals surface area contributed by atoms with E-state index < -0.39 is 11.6 Å². The maximum Gasteiger partial charge on any atom is 0.366 e. The normalized spacial score (nSPS) is 19.9. The van der Waals surface area contributed by atoms with Gasteiger partial charge in [-0.25, -0.2) is 4.90 Å². The van der Waals surface area contributed by atoms with Crippen LogP contribution in [0, 0.1) is 0 Å². The molecule has 0 N–H and O–H groups in total. The number of benzene rings is 1. The fourth-order valence-corrected chi connectivity index (χ4v) is 3.14. The van der Waals surface area contributed by atoms with Crippen molar-refractivity contribution >= 4 is 17.9 Å². The number of nitrogens with zero attached hydrogens (tertiary/aromatic N) is 2. The molecule has 1 aromatic carbocycles. The van der Waals surface area contributed by atoms with Crippen LogP contribution in [0.25, 0.3) is 0 Å². The topological polar surface area (TPSA) is 59.0 Å². The maximum atomic E-state index is 12.3. The molecule has 118 valence electrons. The first-order valence-electron chi connectivity index (χ1n) is 7.83. The molecule has 0 aromatic heterocycles. The number of hydrogen-bond acceptors (Lipinski definition) is 5. The highest BCUT2D eigenvalue weighted by Crippen LogP contribution is 2.32. The molecule has 0 amide bonds. The summed E-state index contributed by atoms with van der Waals surface area (Å²) in [5.41, 5.74) is 1.53. The molecule has 0 bridgehead atoms. The molecule has 23 heavy (non-hydrogen) atoms. The number of ether oxygens (including phenoxy) is 1. The van der Waals surface area contributed by atoms with Gasteiger partial charge in [-0.05, 0) is 19.3 Å². The highest BCUT2D eigenvalue weighted by Gasteiger charge is 2.39. The van der Waals surface area contributed by atoms with Gasteiger partial charge in [-0.2, -0.15) is 0 Å². The molecule has 1 saturated carbocycles. The van der Waals surface area contributed by atoms with Crippen molar-refractivity contribution in [2.24, 2.45) is 4.99 Å². The van der Waals surface area contributed by atoms with Gasteiger partial charge in [-0.1, -0.05) is 36.8 Å². The highest BCUT2D eigenvalue weighted by atomic mass is 16.5. The van der Waals surface area contributed by atoms with Gasteiger partial charge in [0.2, 0.25) is 11.6 Å². The molecule has 1 aliphatic heterocycles. The molecule has 1 fully saturated rings. The van der Waals surface area contributed by atoms with Gasteiger partial charge in [-0.3, -0.25) is 9.59 Å². The van der Waals surface area contributed by atoms with Crippen LogP contribution in [-0.4, -0.2) is 42.5 Å². The minimum absolute atomic E-state index is 0.00237. The Kier molecular flexibility index (Phi) is 4.49. The summed E-state index contributed by atoms with van der Waals surface area (Å²) in [6.45, 7) is 0.00237. The van der Waals surface area contributed by atoms with E-state index in [1.54, 1.807) is 36.3 Å². The molecule has 3 rings (SSSR count). The average molecular weight is 311 g/mol. The SMILES string of the molecule is COC1=C2CCCCC2N(CC(=O)C(=O)c2ccccc2)[C+]=N1. The van der Waals surface area contributed by atoms with E-state index in [9.17, 15) is 9.59 Å². The van der Waals surface area contributed by atoms with Crippen molar-refractivity contribution in [1.29, 1.82) is 0 Å². The van der Waals surface area contributed by atoms with Crippen molar-refractivity contribution in [1.82, 2.24) is 4.90 Å². The van der Waals surface area contributed by atoms with E-state index in [1.165, 1.54) is 0 Å². The van der Waals surface area contributed by atoms with Crippen LogP contribution in [0.5, 0.6) is 0 Å². The number of ketones is 2. The van der Waals surface area contributed by atoms with Crippen LogP contribution >= 0.6 is 0 Å². The largest absolute Gasteiger partial charge is 0.391 e. The van der Waals surface area contributed by atoms with Crippen LogP contribution in [0.4, 0.5) is 0 Å². The Morgan fingerprint density at radius 1 is 1.30 bits per heavy atom. The second-order valence-electron chi connectivity index (χ2n) is 5.75. The third kappa shape index (κ3) is 3.15. The van der Waals surface area contributed by atoms with Gasteiger partial charge in [-0.15, -0.1) is 0 Å². The van der Waals surface area contributed by atoms with E-state index in [4.69, 9.17) is 4.74 Å². The first-order valence-corrected chi connectivity index (χ1v) is 7.83. The zero-order valence-corrected chi connectivity index (χ0v) is 13.1. The molecule has 1 unspecified atom stereocenters. The lowest BCUT2D eigenvalue weighted by molar-refractivity contribution is -0.115. The monoisotopic (exact) mass is 311 g/mol.